The molecule has 0 unspecified atom stereocenters. The van der Waals surface area contributed by atoms with E-state index < -0.39 is 10.4 Å². The molecular formula is C10H22N4O4S. The summed E-state index contributed by atoms with van der Waals surface area (Å²) in [6.07, 6.45) is 3.97. The summed E-state index contributed by atoms with van der Waals surface area (Å²) in [4.78, 5) is 8.17. The molecule has 0 saturated carbocycles. The van der Waals surface area contributed by atoms with Crippen LogP contribution < -0.4 is 0 Å². The topological polar surface area (TPSA) is 105 Å². The third kappa shape index (κ3) is 13.4. The number of hydrogen-bond donors (Lipinski definition) is 0. The van der Waals surface area contributed by atoms with E-state index in [1.54, 1.807) is 0 Å². The van der Waals surface area contributed by atoms with Crippen LogP contribution in [0.5, 0.6) is 0 Å². The van der Waals surface area contributed by atoms with Gasteiger partial charge in [0.15, 0.2) is 12.7 Å². The lowest BCUT2D eigenvalue weighted by molar-refractivity contribution is -0.784. The van der Waals surface area contributed by atoms with Crippen LogP contribution in [-0.2, 0) is 10.4 Å². The highest BCUT2D eigenvalue weighted by Crippen LogP contribution is 1.98. The average Bonchev–Trinajstić information content (AvgIpc) is 2.72. The molecule has 2 rings (SSSR count). The Labute approximate surface area is 114 Å². The first-order valence-corrected chi connectivity index (χ1v) is 7.09. The van der Waals surface area contributed by atoms with Crippen molar-refractivity contribution in [3.05, 3.63) is 0 Å². The number of nitrogens with zero attached hydrogens (tertiary/aromatic N) is 4. The fourth-order valence-corrected chi connectivity index (χ4v) is 1.30. The first kappa shape index (κ1) is 18.1. The Kier molecular flexibility index (Phi) is 6.73. The molecule has 0 atom stereocenters. The predicted molar refractivity (Wildman–Crippen MR) is 71.1 cm³/mol. The molecule has 0 aliphatic carbocycles. The lowest BCUT2D eigenvalue weighted by Crippen LogP contribution is -2.35. The summed E-state index contributed by atoms with van der Waals surface area (Å²) in [5, 5.41) is 0. The molecule has 9 heteroatoms. The molecule has 2 aliphatic heterocycles. The Hall–Kier alpha value is -0.870. The minimum absolute atomic E-state index is 0.958. The minimum atomic E-state index is -5.17. The molecular weight excluding hydrogens is 272 g/mol. The zero-order chi connectivity index (χ0) is 15.2. The summed E-state index contributed by atoms with van der Waals surface area (Å²) in [5.74, 6) is 0. The summed E-state index contributed by atoms with van der Waals surface area (Å²) in [7, 11) is 3.43. The van der Waals surface area contributed by atoms with Crippen molar-refractivity contribution < 1.29 is 26.5 Å². The van der Waals surface area contributed by atoms with Gasteiger partial charge in [-0.25, -0.2) is 9.98 Å². The maximum Gasteiger partial charge on any atom is 0.185 e. The first-order valence-electron chi connectivity index (χ1n) is 5.75. The molecule has 0 aromatic rings. The van der Waals surface area contributed by atoms with E-state index in [1.165, 1.54) is 13.1 Å². The van der Waals surface area contributed by atoms with Gasteiger partial charge >= 0.3 is 0 Å². The number of quaternary nitrogens is 2. The van der Waals surface area contributed by atoms with Crippen molar-refractivity contribution in [1.82, 2.24) is 0 Å². The molecule has 19 heavy (non-hydrogen) atoms. The van der Waals surface area contributed by atoms with Crippen LogP contribution in [-0.4, -0.2) is 93.5 Å². The van der Waals surface area contributed by atoms with Gasteiger partial charge in [0.25, 0.3) is 0 Å². The first-order chi connectivity index (χ1) is 8.41. The van der Waals surface area contributed by atoms with Crippen LogP contribution in [0.15, 0.2) is 9.98 Å². The fourth-order valence-electron chi connectivity index (χ4n) is 1.30. The highest BCUT2D eigenvalue weighted by Gasteiger charge is 2.15. The van der Waals surface area contributed by atoms with Crippen LogP contribution in [0.4, 0.5) is 0 Å². The van der Waals surface area contributed by atoms with Crippen molar-refractivity contribution in [2.75, 3.05) is 54.4 Å². The largest absolute Gasteiger partial charge is 0.759 e. The van der Waals surface area contributed by atoms with Crippen molar-refractivity contribution in [1.29, 1.82) is 0 Å². The molecule has 2 heterocycles. The van der Waals surface area contributed by atoms with Gasteiger partial charge in [-0.3, -0.25) is 17.4 Å². The van der Waals surface area contributed by atoms with Gasteiger partial charge in [0.05, 0.1) is 41.3 Å². The van der Waals surface area contributed by atoms with Gasteiger partial charge in [0, 0.05) is 10.4 Å². The Balaban J connectivity index is 0.000000261. The lowest BCUT2D eigenvalue weighted by atomic mass is 10.6. The van der Waals surface area contributed by atoms with Crippen LogP contribution in [0.1, 0.15) is 0 Å². The van der Waals surface area contributed by atoms with Gasteiger partial charge in [0.2, 0.25) is 0 Å². The molecule has 0 fully saturated rings. The molecule has 0 spiro atoms. The van der Waals surface area contributed by atoms with E-state index in [0.29, 0.717) is 0 Å². The zero-order valence-electron chi connectivity index (χ0n) is 11.8. The summed E-state index contributed by atoms with van der Waals surface area (Å²) >= 11 is 0. The van der Waals surface area contributed by atoms with Gasteiger partial charge in [-0.2, -0.15) is 0 Å². The standard InChI is InChI=1S/2C5H11N2.H2O4S/c2*1-7(2)4-3-6-5-7;1-5(2,3)4/h2*5H,3-4H2,1-2H3;(H2,1,2,3,4)/q2*+1;/p-2. The second-order valence-corrected chi connectivity index (χ2v) is 6.27. The normalized spacial score (nSPS) is 22.2. The second-order valence-electron chi connectivity index (χ2n) is 5.46. The number of rotatable bonds is 0. The molecule has 0 bridgehead atoms. The maximum atomic E-state index is 8.52. The van der Waals surface area contributed by atoms with E-state index in [1.807, 2.05) is 12.7 Å². The smallest absolute Gasteiger partial charge is 0.185 e. The molecule has 0 saturated heterocycles. The van der Waals surface area contributed by atoms with Crippen LogP contribution in [0.2, 0.25) is 0 Å². The SMILES string of the molecule is C[N+]1(C)C=NCC1.C[N+]1(C)C=NCC1.O=S(=O)([O-])[O-]. The Morgan fingerprint density at radius 2 is 1.16 bits per heavy atom. The molecule has 8 nitrogen and oxygen atoms in total. The van der Waals surface area contributed by atoms with Crippen molar-refractivity contribution in [2.24, 2.45) is 9.98 Å². The van der Waals surface area contributed by atoms with Crippen molar-refractivity contribution >= 4 is 23.1 Å². The van der Waals surface area contributed by atoms with E-state index in [0.717, 1.165) is 22.1 Å². The van der Waals surface area contributed by atoms with E-state index in [9.17, 15) is 0 Å². The van der Waals surface area contributed by atoms with E-state index in [2.05, 4.69) is 38.2 Å². The summed E-state index contributed by atoms with van der Waals surface area (Å²) in [6, 6.07) is 0. The molecule has 0 aromatic carbocycles. The quantitative estimate of drug-likeness (QED) is 0.320. The molecule has 0 N–H and O–H groups in total. The van der Waals surface area contributed by atoms with Crippen LogP contribution in [0.3, 0.4) is 0 Å². The third-order valence-electron chi connectivity index (χ3n) is 2.40. The van der Waals surface area contributed by atoms with Gasteiger partial charge in [0.1, 0.15) is 13.1 Å². The Bertz CT molecular complexity index is 395. The predicted octanol–water partition coefficient (Wildman–Crippen LogP) is -1.13. The van der Waals surface area contributed by atoms with E-state index in [4.69, 9.17) is 17.5 Å². The van der Waals surface area contributed by atoms with Crippen LogP contribution >= 0.6 is 0 Å². The van der Waals surface area contributed by atoms with Gasteiger partial charge in [-0.15, -0.1) is 0 Å². The van der Waals surface area contributed by atoms with Crippen LogP contribution in [0.25, 0.3) is 0 Å². The minimum Gasteiger partial charge on any atom is -0.759 e. The lowest BCUT2D eigenvalue weighted by Gasteiger charge is -2.16. The second kappa shape index (κ2) is 7.06. The van der Waals surface area contributed by atoms with E-state index >= 15 is 0 Å². The van der Waals surface area contributed by atoms with E-state index in [-0.39, 0.29) is 0 Å². The number of hydrogen-bond acceptors (Lipinski definition) is 6. The highest BCUT2D eigenvalue weighted by molar-refractivity contribution is 7.79. The summed E-state index contributed by atoms with van der Waals surface area (Å²) in [5.41, 5.74) is 0. The van der Waals surface area contributed by atoms with Crippen molar-refractivity contribution in [2.45, 2.75) is 0 Å². The summed E-state index contributed by atoms with van der Waals surface area (Å²) < 4.78 is 36.0. The summed E-state index contributed by atoms with van der Waals surface area (Å²) in [6.45, 7) is 4.35. The number of likely N-dealkylation sites (N-methyl/N-ethyl adjacent to an activating group) is 2. The molecule has 0 amide bonds. The molecule has 0 radical (unpaired) electrons. The molecule has 0 aromatic heterocycles. The highest BCUT2D eigenvalue weighted by atomic mass is 32.3. The number of aliphatic imine (C=N–C) groups is 2. The zero-order valence-corrected chi connectivity index (χ0v) is 12.6. The molecule has 112 valence electrons. The molecule has 2 aliphatic rings. The van der Waals surface area contributed by atoms with Gasteiger partial charge in [-0.1, -0.05) is 0 Å². The monoisotopic (exact) mass is 294 g/mol. The maximum absolute atomic E-state index is 8.52. The fraction of sp³-hybridized carbons (Fsp3) is 0.800. The van der Waals surface area contributed by atoms with Gasteiger partial charge < -0.3 is 9.11 Å². The Morgan fingerprint density at radius 3 is 1.21 bits per heavy atom. The average molecular weight is 294 g/mol. The van der Waals surface area contributed by atoms with Gasteiger partial charge in [-0.05, 0) is 0 Å². The van der Waals surface area contributed by atoms with Crippen molar-refractivity contribution in [3.63, 3.8) is 0 Å². The third-order valence-corrected chi connectivity index (χ3v) is 2.40. The Morgan fingerprint density at radius 1 is 0.895 bits per heavy atom. The van der Waals surface area contributed by atoms with Crippen molar-refractivity contribution in [3.8, 4) is 0 Å². The van der Waals surface area contributed by atoms with Crippen LogP contribution in [0, 0.1) is 0 Å².